The Morgan fingerprint density at radius 2 is 1.65 bits per heavy atom. The summed E-state index contributed by atoms with van der Waals surface area (Å²) >= 11 is 0. The van der Waals surface area contributed by atoms with Gasteiger partial charge in [-0.2, -0.15) is 0 Å². The van der Waals surface area contributed by atoms with Gasteiger partial charge in [0.25, 0.3) is 0 Å². The summed E-state index contributed by atoms with van der Waals surface area (Å²) in [6.45, 7) is 12.1. The standard InChI is InChI=1S/C15H26N2/c1-11(2)10-17(12(3)4)15-9-7-6-8-14(15)13(5)16/h6-9,11-13H,10,16H2,1-5H3. The number of benzene rings is 1. The van der Waals surface area contributed by atoms with Crippen molar-refractivity contribution in [1.82, 2.24) is 0 Å². The Bertz CT molecular complexity index is 343. The molecular formula is C15H26N2. The van der Waals surface area contributed by atoms with Crippen molar-refractivity contribution in [2.24, 2.45) is 11.7 Å². The van der Waals surface area contributed by atoms with E-state index in [2.05, 4.69) is 56.9 Å². The van der Waals surface area contributed by atoms with E-state index in [1.807, 2.05) is 6.92 Å². The molecule has 1 aromatic rings. The zero-order valence-corrected chi connectivity index (χ0v) is 11.8. The van der Waals surface area contributed by atoms with E-state index < -0.39 is 0 Å². The zero-order valence-electron chi connectivity index (χ0n) is 11.8. The van der Waals surface area contributed by atoms with E-state index >= 15 is 0 Å². The maximum Gasteiger partial charge on any atom is 0.0416 e. The van der Waals surface area contributed by atoms with E-state index in [1.54, 1.807) is 0 Å². The van der Waals surface area contributed by atoms with Crippen LogP contribution in [0.1, 0.15) is 46.2 Å². The first-order chi connectivity index (χ1) is 7.93. The number of nitrogens with two attached hydrogens (primary N) is 1. The van der Waals surface area contributed by atoms with Crippen LogP contribution in [0.25, 0.3) is 0 Å². The predicted molar refractivity (Wildman–Crippen MR) is 76.4 cm³/mol. The van der Waals surface area contributed by atoms with E-state index in [9.17, 15) is 0 Å². The SMILES string of the molecule is CC(C)CN(c1ccccc1C(C)N)C(C)C. The molecule has 2 nitrogen and oxygen atoms in total. The minimum absolute atomic E-state index is 0.0830. The highest BCUT2D eigenvalue weighted by Crippen LogP contribution is 2.27. The highest BCUT2D eigenvalue weighted by Gasteiger charge is 2.16. The zero-order chi connectivity index (χ0) is 13.0. The smallest absolute Gasteiger partial charge is 0.0416 e. The Kier molecular flexibility index (Phi) is 5.01. The molecule has 1 rings (SSSR count). The molecule has 0 amide bonds. The summed E-state index contributed by atoms with van der Waals surface area (Å²) in [6.07, 6.45) is 0. The van der Waals surface area contributed by atoms with Crippen molar-refractivity contribution in [3.05, 3.63) is 29.8 Å². The van der Waals surface area contributed by atoms with Gasteiger partial charge >= 0.3 is 0 Å². The van der Waals surface area contributed by atoms with Gasteiger partial charge in [-0.25, -0.2) is 0 Å². The average molecular weight is 234 g/mol. The summed E-state index contributed by atoms with van der Waals surface area (Å²) in [5.41, 5.74) is 8.58. The maximum absolute atomic E-state index is 6.06. The molecule has 0 fully saturated rings. The monoisotopic (exact) mass is 234 g/mol. The van der Waals surface area contributed by atoms with E-state index in [1.165, 1.54) is 11.3 Å². The minimum atomic E-state index is 0.0830. The van der Waals surface area contributed by atoms with Gasteiger partial charge in [0.15, 0.2) is 0 Å². The molecule has 2 heteroatoms. The normalized spacial score (nSPS) is 13.2. The first-order valence-corrected chi connectivity index (χ1v) is 6.54. The lowest BCUT2D eigenvalue weighted by atomic mass is 10.0. The van der Waals surface area contributed by atoms with Gasteiger partial charge < -0.3 is 10.6 Å². The van der Waals surface area contributed by atoms with Gasteiger partial charge in [-0.15, -0.1) is 0 Å². The first-order valence-electron chi connectivity index (χ1n) is 6.54. The molecule has 96 valence electrons. The average Bonchev–Trinajstić information content (AvgIpc) is 2.25. The second kappa shape index (κ2) is 6.06. The quantitative estimate of drug-likeness (QED) is 0.844. The van der Waals surface area contributed by atoms with Gasteiger partial charge in [0, 0.05) is 24.3 Å². The van der Waals surface area contributed by atoms with Gasteiger partial charge in [0.2, 0.25) is 0 Å². The largest absolute Gasteiger partial charge is 0.369 e. The molecule has 1 aromatic carbocycles. The summed E-state index contributed by atoms with van der Waals surface area (Å²) in [5.74, 6) is 0.651. The molecule has 0 aliphatic heterocycles. The topological polar surface area (TPSA) is 29.3 Å². The van der Waals surface area contributed by atoms with Crippen LogP contribution in [0.2, 0.25) is 0 Å². The lowest BCUT2D eigenvalue weighted by Gasteiger charge is -2.33. The van der Waals surface area contributed by atoms with Crippen LogP contribution < -0.4 is 10.6 Å². The van der Waals surface area contributed by atoms with Crippen LogP contribution in [0, 0.1) is 5.92 Å². The molecule has 0 aromatic heterocycles. The van der Waals surface area contributed by atoms with E-state index in [0.717, 1.165) is 6.54 Å². The third-order valence-corrected chi connectivity index (χ3v) is 2.92. The molecule has 0 aliphatic rings. The fourth-order valence-electron chi connectivity index (χ4n) is 2.11. The number of nitrogens with zero attached hydrogens (tertiary/aromatic N) is 1. The molecule has 0 bridgehead atoms. The van der Waals surface area contributed by atoms with Crippen molar-refractivity contribution in [3.8, 4) is 0 Å². The molecule has 17 heavy (non-hydrogen) atoms. The molecule has 1 atom stereocenters. The molecule has 2 N–H and O–H groups in total. The van der Waals surface area contributed by atoms with Gasteiger partial charge in [-0.05, 0) is 38.3 Å². The fourth-order valence-corrected chi connectivity index (χ4v) is 2.11. The fraction of sp³-hybridized carbons (Fsp3) is 0.600. The number of hydrogen-bond acceptors (Lipinski definition) is 2. The third kappa shape index (κ3) is 3.74. The van der Waals surface area contributed by atoms with E-state index in [-0.39, 0.29) is 6.04 Å². The summed E-state index contributed by atoms with van der Waals surface area (Å²) in [7, 11) is 0. The molecule has 0 saturated carbocycles. The predicted octanol–water partition coefficient (Wildman–Crippen LogP) is 3.58. The van der Waals surface area contributed by atoms with Gasteiger partial charge in [0.05, 0.1) is 0 Å². The lowest BCUT2D eigenvalue weighted by Crippen LogP contribution is -2.35. The molecule has 0 saturated heterocycles. The van der Waals surface area contributed by atoms with Gasteiger partial charge in [0.1, 0.15) is 0 Å². The lowest BCUT2D eigenvalue weighted by molar-refractivity contribution is 0.567. The minimum Gasteiger partial charge on any atom is -0.369 e. The Morgan fingerprint density at radius 3 is 2.12 bits per heavy atom. The number of anilines is 1. The summed E-state index contributed by atoms with van der Waals surface area (Å²) in [6, 6.07) is 9.06. The molecule has 0 radical (unpaired) electrons. The maximum atomic E-state index is 6.06. The number of para-hydroxylation sites is 1. The van der Waals surface area contributed by atoms with Crippen LogP contribution in [-0.4, -0.2) is 12.6 Å². The van der Waals surface area contributed by atoms with Crippen molar-refractivity contribution < 1.29 is 0 Å². The Hall–Kier alpha value is -1.02. The van der Waals surface area contributed by atoms with Crippen LogP contribution in [-0.2, 0) is 0 Å². The molecular weight excluding hydrogens is 208 g/mol. The number of rotatable bonds is 5. The van der Waals surface area contributed by atoms with Gasteiger partial charge in [-0.1, -0.05) is 32.0 Å². The van der Waals surface area contributed by atoms with Crippen LogP contribution >= 0.6 is 0 Å². The molecule has 0 heterocycles. The van der Waals surface area contributed by atoms with Crippen LogP contribution in [0.15, 0.2) is 24.3 Å². The van der Waals surface area contributed by atoms with Crippen molar-refractivity contribution in [2.45, 2.75) is 46.7 Å². The Morgan fingerprint density at radius 1 is 1.06 bits per heavy atom. The second-order valence-electron chi connectivity index (χ2n) is 5.49. The van der Waals surface area contributed by atoms with E-state index in [0.29, 0.717) is 12.0 Å². The molecule has 0 spiro atoms. The summed E-state index contributed by atoms with van der Waals surface area (Å²) in [4.78, 5) is 2.45. The highest BCUT2D eigenvalue weighted by molar-refractivity contribution is 5.55. The summed E-state index contributed by atoms with van der Waals surface area (Å²) < 4.78 is 0. The van der Waals surface area contributed by atoms with Gasteiger partial charge in [-0.3, -0.25) is 0 Å². The first kappa shape index (κ1) is 14.0. The Labute approximate surface area is 106 Å². The summed E-state index contributed by atoms with van der Waals surface area (Å²) in [5, 5.41) is 0. The molecule has 0 aliphatic carbocycles. The van der Waals surface area contributed by atoms with Crippen molar-refractivity contribution in [1.29, 1.82) is 0 Å². The Balaban J connectivity index is 3.09. The van der Waals surface area contributed by atoms with Crippen LogP contribution in [0.3, 0.4) is 0 Å². The molecule has 1 unspecified atom stereocenters. The third-order valence-electron chi connectivity index (χ3n) is 2.92. The van der Waals surface area contributed by atoms with Crippen molar-refractivity contribution >= 4 is 5.69 Å². The highest BCUT2D eigenvalue weighted by atomic mass is 15.2. The van der Waals surface area contributed by atoms with Crippen LogP contribution in [0.5, 0.6) is 0 Å². The second-order valence-corrected chi connectivity index (χ2v) is 5.49. The number of hydrogen-bond donors (Lipinski definition) is 1. The van der Waals surface area contributed by atoms with Crippen molar-refractivity contribution in [3.63, 3.8) is 0 Å². The van der Waals surface area contributed by atoms with Crippen LogP contribution in [0.4, 0.5) is 5.69 Å². The van der Waals surface area contributed by atoms with Crippen molar-refractivity contribution in [2.75, 3.05) is 11.4 Å². The van der Waals surface area contributed by atoms with E-state index in [4.69, 9.17) is 5.73 Å².